The van der Waals surface area contributed by atoms with E-state index < -0.39 is 28.9 Å². The third kappa shape index (κ3) is 4.32. The van der Waals surface area contributed by atoms with Crippen molar-refractivity contribution >= 4 is 11.6 Å². The van der Waals surface area contributed by atoms with E-state index in [9.17, 15) is 31.1 Å². The minimum Gasteiger partial charge on any atom is -0.356 e. The zero-order valence-electron chi connectivity index (χ0n) is 14.7. The Morgan fingerprint density at radius 2 is 1.38 bits per heavy atom. The van der Waals surface area contributed by atoms with Gasteiger partial charge in [-0.3, -0.25) is 4.79 Å². The number of hydrogen-bond acceptors (Lipinski definition) is 1. The standard InChI is InChI=1S/C20H12ClF6NO/c1-28-9-15(11-3-2-4-12(7-11)19(22,23)24)18(29)16(10-28)14-8-13(20(25,26)27)5-6-17(14)21/h2-10H,1H3. The van der Waals surface area contributed by atoms with Gasteiger partial charge in [-0.15, -0.1) is 0 Å². The van der Waals surface area contributed by atoms with Crippen molar-refractivity contribution in [3.63, 3.8) is 0 Å². The lowest BCUT2D eigenvalue weighted by molar-refractivity contribution is -0.138. The molecule has 0 spiro atoms. The van der Waals surface area contributed by atoms with Crippen LogP contribution < -0.4 is 5.43 Å². The van der Waals surface area contributed by atoms with Crippen molar-refractivity contribution in [1.82, 2.24) is 4.57 Å². The van der Waals surface area contributed by atoms with Crippen molar-refractivity contribution in [2.45, 2.75) is 12.4 Å². The van der Waals surface area contributed by atoms with Gasteiger partial charge >= 0.3 is 12.4 Å². The number of nitrogens with zero attached hydrogens (tertiary/aromatic N) is 1. The van der Waals surface area contributed by atoms with Gasteiger partial charge in [0.25, 0.3) is 0 Å². The van der Waals surface area contributed by atoms with E-state index >= 15 is 0 Å². The van der Waals surface area contributed by atoms with Crippen LogP contribution in [0, 0.1) is 0 Å². The van der Waals surface area contributed by atoms with Crippen molar-refractivity contribution in [3.05, 3.63) is 81.2 Å². The van der Waals surface area contributed by atoms with E-state index in [0.29, 0.717) is 0 Å². The van der Waals surface area contributed by atoms with E-state index in [1.165, 1.54) is 30.1 Å². The second kappa shape index (κ2) is 7.26. The van der Waals surface area contributed by atoms with Gasteiger partial charge < -0.3 is 4.57 Å². The van der Waals surface area contributed by atoms with Gasteiger partial charge in [-0.2, -0.15) is 26.3 Å². The van der Waals surface area contributed by atoms with Gasteiger partial charge in [-0.05, 0) is 35.9 Å². The van der Waals surface area contributed by atoms with Gasteiger partial charge in [-0.1, -0.05) is 23.7 Å². The molecule has 0 atom stereocenters. The van der Waals surface area contributed by atoms with Crippen LogP contribution >= 0.6 is 11.6 Å². The highest BCUT2D eigenvalue weighted by atomic mass is 35.5. The first kappa shape index (κ1) is 21.0. The van der Waals surface area contributed by atoms with E-state index in [4.69, 9.17) is 11.6 Å². The fraction of sp³-hybridized carbons (Fsp3) is 0.150. The molecule has 3 rings (SSSR count). The molecule has 1 aromatic heterocycles. The van der Waals surface area contributed by atoms with Crippen LogP contribution in [0.4, 0.5) is 26.3 Å². The van der Waals surface area contributed by atoms with Crippen LogP contribution in [-0.4, -0.2) is 4.57 Å². The zero-order chi connectivity index (χ0) is 21.6. The Hall–Kier alpha value is -2.74. The first-order chi connectivity index (χ1) is 13.4. The van der Waals surface area contributed by atoms with Gasteiger partial charge in [0.05, 0.1) is 11.1 Å². The third-order valence-electron chi connectivity index (χ3n) is 4.24. The monoisotopic (exact) mass is 431 g/mol. The summed E-state index contributed by atoms with van der Waals surface area (Å²) in [5, 5.41) is -0.0868. The predicted octanol–water partition coefficient (Wildman–Crippen LogP) is 6.41. The number of rotatable bonds is 2. The average Bonchev–Trinajstić information content (AvgIpc) is 2.62. The molecule has 3 aromatic rings. The number of pyridine rings is 1. The van der Waals surface area contributed by atoms with Crippen LogP contribution in [0.2, 0.25) is 5.02 Å². The first-order valence-corrected chi connectivity index (χ1v) is 8.51. The van der Waals surface area contributed by atoms with Gasteiger partial charge in [0.2, 0.25) is 0 Å². The van der Waals surface area contributed by atoms with Gasteiger partial charge in [-0.25, -0.2) is 0 Å². The summed E-state index contributed by atoms with van der Waals surface area (Å²) in [6, 6.07) is 6.71. The lowest BCUT2D eigenvalue weighted by Crippen LogP contribution is -2.13. The number of alkyl halides is 6. The maximum Gasteiger partial charge on any atom is 0.416 e. The minimum absolute atomic E-state index is 0.00891. The summed E-state index contributed by atoms with van der Waals surface area (Å²) in [7, 11) is 1.50. The molecule has 0 aliphatic heterocycles. The molecule has 152 valence electrons. The van der Waals surface area contributed by atoms with Crippen LogP contribution in [0.1, 0.15) is 11.1 Å². The quantitative estimate of drug-likeness (QED) is 0.430. The highest BCUT2D eigenvalue weighted by Gasteiger charge is 2.32. The molecule has 0 bridgehead atoms. The maximum absolute atomic E-state index is 13.1. The van der Waals surface area contributed by atoms with Crippen LogP contribution in [-0.2, 0) is 19.4 Å². The predicted molar refractivity (Wildman–Crippen MR) is 97.6 cm³/mol. The number of aromatic nitrogens is 1. The molecule has 0 saturated heterocycles. The maximum atomic E-state index is 13.1. The third-order valence-corrected chi connectivity index (χ3v) is 4.57. The van der Waals surface area contributed by atoms with E-state index in [-0.39, 0.29) is 27.3 Å². The largest absolute Gasteiger partial charge is 0.416 e. The fourth-order valence-electron chi connectivity index (χ4n) is 2.88. The van der Waals surface area contributed by atoms with Crippen LogP contribution in [0.3, 0.4) is 0 Å². The summed E-state index contributed by atoms with van der Waals surface area (Å²) >= 11 is 6.02. The van der Waals surface area contributed by atoms with E-state index in [1.807, 2.05) is 0 Å². The Morgan fingerprint density at radius 3 is 2.00 bits per heavy atom. The van der Waals surface area contributed by atoms with Crippen molar-refractivity contribution in [1.29, 1.82) is 0 Å². The van der Waals surface area contributed by atoms with Crippen molar-refractivity contribution < 1.29 is 26.3 Å². The molecule has 0 N–H and O–H groups in total. The summed E-state index contributed by atoms with van der Waals surface area (Å²) < 4.78 is 79.6. The van der Waals surface area contributed by atoms with Gasteiger partial charge in [0.15, 0.2) is 5.43 Å². The van der Waals surface area contributed by atoms with Crippen LogP contribution in [0.25, 0.3) is 22.3 Å². The topological polar surface area (TPSA) is 22.0 Å². The van der Waals surface area contributed by atoms with Crippen LogP contribution in [0.15, 0.2) is 59.7 Å². The molecule has 0 amide bonds. The minimum atomic E-state index is -4.65. The van der Waals surface area contributed by atoms with Crippen molar-refractivity contribution in [2.24, 2.45) is 7.05 Å². The van der Waals surface area contributed by atoms with Gasteiger partial charge in [0, 0.05) is 41.2 Å². The molecule has 1 heterocycles. The van der Waals surface area contributed by atoms with Crippen molar-refractivity contribution in [3.8, 4) is 22.3 Å². The summed E-state index contributed by atoms with van der Waals surface area (Å²) in [5.41, 5.74) is -3.09. The highest BCUT2D eigenvalue weighted by Crippen LogP contribution is 2.36. The van der Waals surface area contributed by atoms with Gasteiger partial charge in [0.1, 0.15) is 0 Å². The molecule has 0 aliphatic carbocycles. The zero-order valence-corrected chi connectivity index (χ0v) is 15.5. The average molecular weight is 432 g/mol. The van der Waals surface area contributed by atoms with Crippen molar-refractivity contribution in [2.75, 3.05) is 0 Å². The molecule has 0 unspecified atom stereocenters. The molecule has 9 heteroatoms. The van der Waals surface area contributed by atoms with E-state index in [0.717, 1.165) is 36.4 Å². The summed E-state index contributed by atoms with van der Waals surface area (Å²) in [6.07, 6.45) is -6.67. The Morgan fingerprint density at radius 1 is 0.793 bits per heavy atom. The molecular weight excluding hydrogens is 420 g/mol. The molecule has 2 aromatic carbocycles. The van der Waals surface area contributed by atoms with E-state index in [1.54, 1.807) is 0 Å². The molecular formula is C20H12ClF6NO. The number of aryl methyl sites for hydroxylation is 1. The molecule has 0 fully saturated rings. The highest BCUT2D eigenvalue weighted by molar-refractivity contribution is 6.33. The van der Waals surface area contributed by atoms with E-state index in [2.05, 4.69) is 0 Å². The summed E-state index contributed by atoms with van der Waals surface area (Å²) in [5.74, 6) is 0. The molecule has 0 aliphatic rings. The summed E-state index contributed by atoms with van der Waals surface area (Å²) in [6.45, 7) is 0. The second-order valence-electron chi connectivity index (χ2n) is 6.35. The van der Waals surface area contributed by atoms with Crippen LogP contribution in [0.5, 0.6) is 0 Å². The first-order valence-electron chi connectivity index (χ1n) is 8.13. The molecule has 29 heavy (non-hydrogen) atoms. The number of benzene rings is 2. The number of hydrogen-bond donors (Lipinski definition) is 0. The smallest absolute Gasteiger partial charge is 0.356 e. The number of halogens is 7. The molecule has 0 saturated carbocycles. The Bertz CT molecular complexity index is 1130. The normalized spacial score (nSPS) is 12.3. The fourth-order valence-corrected chi connectivity index (χ4v) is 3.09. The lowest BCUT2D eigenvalue weighted by atomic mass is 9.98. The SMILES string of the molecule is Cn1cc(-c2cccc(C(F)(F)F)c2)c(=O)c(-c2cc(C(F)(F)F)ccc2Cl)c1. The molecule has 2 nitrogen and oxygen atoms in total. The Labute approximate surface area is 166 Å². The summed E-state index contributed by atoms with van der Waals surface area (Å²) in [4.78, 5) is 13.0. The molecule has 0 radical (unpaired) electrons. The Balaban J connectivity index is 2.24. The second-order valence-corrected chi connectivity index (χ2v) is 6.76. The Kier molecular flexibility index (Phi) is 5.25. The lowest BCUT2D eigenvalue weighted by Gasteiger charge is -2.14.